The zero-order chi connectivity index (χ0) is 13.3. The Morgan fingerprint density at radius 3 is 2.72 bits per heavy atom. The van der Waals surface area contributed by atoms with Crippen molar-refractivity contribution >= 4 is 15.9 Å². The minimum atomic E-state index is -0.614. The van der Waals surface area contributed by atoms with Crippen molar-refractivity contribution in [3.63, 3.8) is 0 Å². The van der Waals surface area contributed by atoms with Gasteiger partial charge in [-0.25, -0.2) is 0 Å². The van der Waals surface area contributed by atoms with Gasteiger partial charge in [-0.05, 0) is 55.5 Å². The second-order valence-electron chi connectivity index (χ2n) is 5.12. The normalized spacial score (nSPS) is 19.2. The summed E-state index contributed by atoms with van der Waals surface area (Å²) >= 11 is 3.48. The highest BCUT2D eigenvalue weighted by Gasteiger charge is 2.39. The molecule has 2 atom stereocenters. The van der Waals surface area contributed by atoms with Crippen LogP contribution in [0.4, 0.5) is 0 Å². The van der Waals surface area contributed by atoms with E-state index in [1.807, 2.05) is 11.6 Å². The van der Waals surface area contributed by atoms with E-state index in [0.717, 1.165) is 23.0 Å². The van der Waals surface area contributed by atoms with Crippen LogP contribution >= 0.6 is 15.9 Å². The average Bonchev–Trinajstić information content (AvgIpc) is 3.07. The standard InChI is InChI=1S/C13H21BrN2O2/c1-4-18-13(9-5-6-9)12(17)11-10(14)7-15-16(11)8(2)3/h7-9,12-13,17H,4-6H2,1-3H3. The van der Waals surface area contributed by atoms with Gasteiger partial charge in [0.1, 0.15) is 6.10 Å². The molecule has 1 aliphatic carbocycles. The van der Waals surface area contributed by atoms with Crippen molar-refractivity contribution in [3.8, 4) is 0 Å². The molecule has 1 saturated carbocycles. The van der Waals surface area contributed by atoms with E-state index in [1.165, 1.54) is 0 Å². The molecule has 1 heterocycles. The van der Waals surface area contributed by atoms with Crippen LogP contribution in [-0.2, 0) is 4.74 Å². The number of aliphatic hydroxyl groups is 1. The Labute approximate surface area is 116 Å². The van der Waals surface area contributed by atoms with E-state index in [2.05, 4.69) is 34.9 Å². The SMILES string of the molecule is CCOC(C1CC1)C(O)c1c(Br)cnn1C(C)C. The summed E-state index contributed by atoms with van der Waals surface area (Å²) in [5.41, 5.74) is 0.829. The van der Waals surface area contributed by atoms with Gasteiger partial charge in [0, 0.05) is 12.6 Å². The number of hydrogen-bond donors (Lipinski definition) is 1. The largest absolute Gasteiger partial charge is 0.384 e. The summed E-state index contributed by atoms with van der Waals surface area (Å²) in [6.07, 6.45) is 3.32. The third-order valence-corrected chi connectivity index (χ3v) is 3.92. The average molecular weight is 317 g/mol. The molecule has 4 nitrogen and oxygen atoms in total. The summed E-state index contributed by atoms with van der Waals surface area (Å²) < 4.78 is 8.45. The zero-order valence-corrected chi connectivity index (χ0v) is 12.7. The second-order valence-corrected chi connectivity index (χ2v) is 5.97. The molecular weight excluding hydrogens is 296 g/mol. The van der Waals surface area contributed by atoms with E-state index in [9.17, 15) is 5.11 Å². The molecule has 0 aliphatic heterocycles. The lowest BCUT2D eigenvalue weighted by atomic mass is 10.1. The Balaban J connectivity index is 2.25. The first-order chi connectivity index (χ1) is 8.56. The fourth-order valence-corrected chi connectivity index (χ4v) is 2.80. The van der Waals surface area contributed by atoms with Gasteiger partial charge in [-0.15, -0.1) is 0 Å². The highest BCUT2D eigenvalue weighted by atomic mass is 79.9. The van der Waals surface area contributed by atoms with Crippen molar-refractivity contribution in [3.05, 3.63) is 16.4 Å². The van der Waals surface area contributed by atoms with Crippen LogP contribution in [0.3, 0.4) is 0 Å². The molecule has 18 heavy (non-hydrogen) atoms. The molecule has 0 saturated heterocycles. The molecule has 102 valence electrons. The topological polar surface area (TPSA) is 47.3 Å². The molecule has 2 rings (SSSR count). The maximum atomic E-state index is 10.6. The molecule has 0 spiro atoms. The maximum Gasteiger partial charge on any atom is 0.123 e. The molecule has 1 aromatic rings. The summed E-state index contributed by atoms with van der Waals surface area (Å²) in [4.78, 5) is 0. The lowest BCUT2D eigenvalue weighted by molar-refractivity contribution is -0.0502. The predicted octanol–water partition coefficient (Wildman–Crippen LogP) is 3.08. The van der Waals surface area contributed by atoms with Crippen LogP contribution < -0.4 is 0 Å². The number of aromatic nitrogens is 2. The number of nitrogens with zero attached hydrogens (tertiary/aromatic N) is 2. The lowest BCUT2D eigenvalue weighted by Gasteiger charge is -2.25. The molecule has 5 heteroatoms. The first-order valence-electron chi connectivity index (χ1n) is 6.58. The third-order valence-electron chi connectivity index (χ3n) is 3.31. The van der Waals surface area contributed by atoms with Crippen LogP contribution in [0.5, 0.6) is 0 Å². The minimum absolute atomic E-state index is 0.111. The summed E-state index contributed by atoms with van der Waals surface area (Å²) in [5, 5.41) is 14.9. The molecule has 1 fully saturated rings. The lowest BCUT2D eigenvalue weighted by Crippen LogP contribution is -2.27. The highest BCUT2D eigenvalue weighted by molar-refractivity contribution is 9.10. The summed E-state index contributed by atoms with van der Waals surface area (Å²) in [6.45, 7) is 6.72. The summed E-state index contributed by atoms with van der Waals surface area (Å²) in [6, 6.07) is 0.224. The number of rotatable bonds is 6. The van der Waals surface area contributed by atoms with E-state index < -0.39 is 6.10 Å². The van der Waals surface area contributed by atoms with Crippen LogP contribution in [0.15, 0.2) is 10.7 Å². The molecule has 0 bridgehead atoms. The van der Waals surface area contributed by atoms with Gasteiger partial charge in [-0.2, -0.15) is 5.10 Å². The first-order valence-corrected chi connectivity index (χ1v) is 7.38. The van der Waals surface area contributed by atoms with Gasteiger partial charge >= 0.3 is 0 Å². The van der Waals surface area contributed by atoms with Gasteiger partial charge < -0.3 is 9.84 Å². The van der Waals surface area contributed by atoms with Crippen LogP contribution in [0.1, 0.15) is 51.5 Å². The number of hydrogen-bond acceptors (Lipinski definition) is 3. The molecule has 1 N–H and O–H groups in total. The zero-order valence-electron chi connectivity index (χ0n) is 11.1. The molecule has 0 aromatic carbocycles. The van der Waals surface area contributed by atoms with Gasteiger partial charge in [0.2, 0.25) is 0 Å². The monoisotopic (exact) mass is 316 g/mol. The fraction of sp³-hybridized carbons (Fsp3) is 0.769. The Hall–Kier alpha value is -0.390. The Morgan fingerprint density at radius 2 is 2.22 bits per heavy atom. The Kier molecular flexibility index (Phi) is 4.45. The van der Waals surface area contributed by atoms with Crippen LogP contribution in [0.25, 0.3) is 0 Å². The minimum Gasteiger partial charge on any atom is -0.384 e. The van der Waals surface area contributed by atoms with Gasteiger partial charge in [-0.1, -0.05) is 0 Å². The second kappa shape index (κ2) is 5.72. The van der Waals surface area contributed by atoms with Crippen molar-refractivity contribution in [1.29, 1.82) is 0 Å². The highest BCUT2D eigenvalue weighted by Crippen LogP contribution is 2.41. The van der Waals surface area contributed by atoms with Crippen LogP contribution in [0.2, 0.25) is 0 Å². The van der Waals surface area contributed by atoms with Crippen molar-refractivity contribution in [2.45, 2.75) is 51.9 Å². The van der Waals surface area contributed by atoms with Crippen LogP contribution in [-0.4, -0.2) is 27.6 Å². The summed E-state index contributed by atoms with van der Waals surface area (Å²) in [7, 11) is 0. The van der Waals surface area contributed by atoms with Crippen molar-refractivity contribution in [2.24, 2.45) is 5.92 Å². The molecule has 1 aromatic heterocycles. The maximum absolute atomic E-state index is 10.6. The van der Waals surface area contributed by atoms with E-state index in [0.29, 0.717) is 12.5 Å². The van der Waals surface area contributed by atoms with Crippen molar-refractivity contribution < 1.29 is 9.84 Å². The third kappa shape index (κ3) is 2.78. The quantitative estimate of drug-likeness (QED) is 0.877. The van der Waals surface area contributed by atoms with E-state index >= 15 is 0 Å². The van der Waals surface area contributed by atoms with Crippen molar-refractivity contribution in [1.82, 2.24) is 9.78 Å². The number of halogens is 1. The first kappa shape index (κ1) is 14.0. The molecule has 0 amide bonds. The van der Waals surface area contributed by atoms with E-state index in [-0.39, 0.29) is 12.1 Å². The molecule has 2 unspecified atom stereocenters. The fourth-order valence-electron chi connectivity index (χ4n) is 2.30. The predicted molar refractivity (Wildman–Crippen MR) is 73.4 cm³/mol. The summed E-state index contributed by atoms with van der Waals surface area (Å²) in [5.74, 6) is 0.488. The molecular formula is C13H21BrN2O2. The van der Waals surface area contributed by atoms with Gasteiger partial charge in [0.05, 0.1) is 22.5 Å². The smallest absolute Gasteiger partial charge is 0.123 e. The Morgan fingerprint density at radius 1 is 1.56 bits per heavy atom. The Bertz CT molecular complexity index is 402. The number of aliphatic hydroxyl groups excluding tert-OH is 1. The molecule has 0 radical (unpaired) electrons. The van der Waals surface area contributed by atoms with E-state index in [4.69, 9.17) is 4.74 Å². The number of ether oxygens (including phenoxy) is 1. The van der Waals surface area contributed by atoms with Gasteiger partial charge in [-0.3, -0.25) is 4.68 Å². The van der Waals surface area contributed by atoms with Crippen molar-refractivity contribution in [2.75, 3.05) is 6.61 Å². The van der Waals surface area contributed by atoms with E-state index in [1.54, 1.807) is 6.20 Å². The van der Waals surface area contributed by atoms with Gasteiger partial charge in [0.15, 0.2) is 0 Å². The van der Waals surface area contributed by atoms with Gasteiger partial charge in [0.25, 0.3) is 0 Å². The molecule has 1 aliphatic rings. The van der Waals surface area contributed by atoms with Crippen LogP contribution in [0, 0.1) is 5.92 Å².